The second-order valence-electron chi connectivity index (χ2n) is 3.59. The van der Waals surface area contributed by atoms with Gasteiger partial charge in [0.1, 0.15) is 17.4 Å². The molecule has 18 heavy (non-hydrogen) atoms. The lowest BCUT2D eigenvalue weighted by molar-refractivity contribution is -0.386. The van der Waals surface area contributed by atoms with Gasteiger partial charge in [-0.3, -0.25) is 10.1 Å². The van der Waals surface area contributed by atoms with Crippen molar-refractivity contribution in [2.75, 3.05) is 13.7 Å². The van der Waals surface area contributed by atoms with Gasteiger partial charge in [-0.05, 0) is 6.42 Å². The van der Waals surface area contributed by atoms with Crippen LogP contribution in [0.3, 0.4) is 0 Å². The molecule has 0 aliphatic carbocycles. The van der Waals surface area contributed by atoms with Crippen LogP contribution < -0.4 is 9.47 Å². The minimum Gasteiger partial charge on any atom is -0.496 e. The van der Waals surface area contributed by atoms with Gasteiger partial charge in [0.25, 0.3) is 0 Å². The Bertz CT molecular complexity index is 480. The van der Waals surface area contributed by atoms with Gasteiger partial charge < -0.3 is 9.47 Å². The summed E-state index contributed by atoms with van der Waals surface area (Å²) in [6.45, 7) is 2.33. The molecule has 0 amide bonds. The van der Waals surface area contributed by atoms with Crippen LogP contribution in [0, 0.1) is 21.4 Å². The molecule has 0 N–H and O–H groups in total. The van der Waals surface area contributed by atoms with Crippen molar-refractivity contribution in [2.45, 2.75) is 19.8 Å². The van der Waals surface area contributed by atoms with Gasteiger partial charge in [-0.2, -0.15) is 5.26 Å². The molecule has 0 unspecified atom stereocenters. The Morgan fingerprint density at radius 3 is 2.72 bits per heavy atom. The highest BCUT2D eigenvalue weighted by Gasteiger charge is 2.21. The van der Waals surface area contributed by atoms with Crippen LogP contribution in [-0.4, -0.2) is 18.6 Å². The zero-order valence-corrected chi connectivity index (χ0v) is 10.3. The van der Waals surface area contributed by atoms with Crippen LogP contribution in [0.15, 0.2) is 12.1 Å². The molecule has 0 aliphatic rings. The first-order valence-electron chi connectivity index (χ1n) is 5.53. The summed E-state index contributed by atoms with van der Waals surface area (Å²) in [6, 6.07) is 4.56. The number of methoxy groups -OCH3 is 1. The minimum atomic E-state index is -0.579. The molecule has 0 spiro atoms. The van der Waals surface area contributed by atoms with E-state index in [1.165, 1.54) is 19.2 Å². The Balaban J connectivity index is 3.18. The van der Waals surface area contributed by atoms with E-state index in [0.717, 1.165) is 12.8 Å². The van der Waals surface area contributed by atoms with E-state index in [9.17, 15) is 10.1 Å². The normalized spacial score (nSPS) is 9.61. The number of hydrogen-bond acceptors (Lipinski definition) is 5. The Morgan fingerprint density at radius 2 is 2.22 bits per heavy atom. The maximum atomic E-state index is 11.0. The molecule has 1 rings (SSSR count). The lowest BCUT2D eigenvalue weighted by Gasteiger charge is -2.09. The van der Waals surface area contributed by atoms with Crippen LogP contribution in [0.1, 0.15) is 25.3 Å². The van der Waals surface area contributed by atoms with Crippen LogP contribution in [0.2, 0.25) is 0 Å². The smallest absolute Gasteiger partial charge is 0.316 e. The number of nitro groups is 1. The lowest BCUT2D eigenvalue weighted by atomic mass is 10.1. The van der Waals surface area contributed by atoms with Gasteiger partial charge in [0.05, 0.1) is 24.7 Å². The van der Waals surface area contributed by atoms with Crippen LogP contribution >= 0.6 is 0 Å². The van der Waals surface area contributed by atoms with Crippen molar-refractivity contribution in [3.63, 3.8) is 0 Å². The van der Waals surface area contributed by atoms with Crippen molar-refractivity contribution in [3.8, 4) is 17.6 Å². The third-order valence-electron chi connectivity index (χ3n) is 2.34. The number of benzene rings is 1. The molecule has 0 radical (unpaired) electrons. The molecule has 0 bridgehead atoms. The van der Waals surface area contributed by atoms with Crippen molar-refractivity contribution in [1.29, 1.82) is 5.26 Å². The van der Waals surface area contributed by atoms with E-state index in [2.05, 4.69) is 0 Å². The molecular weight excluding hydrogens is 236 g/mol. The number of unbranched alkanes of at least 4 members (excludes halogenated alkanes) is 1. The van der Waals surface area contributed by atoms with Gasteiger partial charge in [-0.25, -0.2) is 0 Å². The Labute approximate surface area is 105 Å². The molecular formula is C12H14N2O4. The Hall–Kier alpha value is -2.29. The third-order valence-corrected chi connectivity index (χ3v) is 2.34. The van der Waals surface area contributed by atoms with E-state index in [1.807, 2.05) is 13.0 Å². The van der Waals surface area contributed by atoms with Crippen molar-refractivity contribution >= 4 is 5.69 Å². The molecule has 0 aliphatic heterocycles. The monoisotopic (exact) mass is 250 g/mol. The van der Waals surface area contributed by atoms with Crippen LogP contribution in [0.4, 0.5) is 5.69 Å². The average Bonchev–Trinajstić information content (AvgIpc) is 2.38. The summed E-state index contributed by atoms with van der Waals surface area (Å²) >= 11 is 0. The molecule has 0 heterocycles. The second kappa shape index (κ2) is 6.45. The second-order valence-corrected chi connectivity index (χ2v) is 3.59. The molecule has 0 aromatic heterocycles. The standard InChI is InChI=1S/C12H14N2O4/c1-3-4-5-18-12-9(8-13)6-10(17-2)7-11(12)14(15)16/h6-7H,3-5H2,1-2H3. The largest absolute Gasteiger partial charge is 0.496 e. The van der Waals surface area contributed by atoms with Gasteiger partial charge in [0.2, 0.25) is 5.75 Å². The van der Waals surface area contributed by atoms with Crippen LogP contribution in [0.5, 0.6) is 11.5 Å². The maximum Gasteiger partial charge on any atom is 0.316 e. The highest BCUT2D eigenvalue weighted by Crippen LogP contribution is 2.35. The van der Waals surface area contributed by atoms with Crippen LogP contribution in [-0.2, 0) is 0 Å². The van der Waals surface area contributed by atoms with Crippen molar-refractivity contribution in [2.24, 2.45) is 0 Å². The van der Waals surface area contributed by atoms with E-state index in [1.54, 1.807) is 0 Å². The summed E-state index contributed by atoms with van der Waals surface area (Å²) in [6.07, 6.45) is 1.68. The zero-order valence-electron chi connectivity index (χ0n) is 10.3. The molecule has 1 aromatic carbocycles. The summed E-state index contributed by atoms with van der Waals surface area (Å²) in [4.78, 5) is 10.4. The molecule has 1 aromatic rings. The molecule has 0 saturated heterocycles. The van der Waals surface area contributed by atoms with E-state index in [0.29, 0.717) is 6.61 Å². The molecule has 96 valence electrons. The van der Waals surface area contributed by atoms with E-state index < -0.39 is 4.92 Å². The Morgan fingerprint density at radius 1 is 1.50 bits per heavy atom. The van der Waals surface area contributed by atoms with Crippen LogP contribution in [0.25, 0.3) is 0 Å². The van der Waals surface area contributed by atoms with E-state index >= 15 is 0 Å². The average molecular weight is 250 g/mol. The summed E-state index contributed by atoms with van der Waals surface area (Å²) in [7, 11) is 1.39. The van der Waals surface area contributed by atoms with Crippen molar-refractivity contribution in [1.82, 2.24) is 0 Å². The fourth-order valence-electron chi connectivity index (χ4n) is 1.39. The SMILES string of the molecule is CCCCOc1c(C#N)cc(OC)cc1[N+](=O)[O-]. The molecule has 0 saturated carbocycles. The van der Waals surface area contributed by atoms with Gasteiger partial charge in [0, 0.05) is 6.07 Å². The van der Waals surface area contributed by atoms with E-state index in [4.69, 9.17) is 14.7 Å². The van der Waals surface area contributed by atoms with Crippen molar-refractivity contribution in [3.05, 3.63) is 27.8 Å². The molecule has 0 atom stereocenters. The van der Waals surface area contributed by atoms with Gasteiger partial charge in [-0.1, -0.05) is 13.3 Å². The fourth-order valence-corrected chi connectivity index (χ4v) is 1.39. The van der Waals surface area contributed by atoms with Gasteiger partial charge in [-0.15, -0.1) is 0 Å². The number of nitro benzene ring substituents is 1. The highest BCUT2D eigenvalue weighted by atomic mass is 16.6. The number of ether oxygens (including phenoxy) is 2. The number of hydrogen-bond donors (Lipinski definition) is 0. The number of nitrogens with zero attached hydrogens (tertiary/aromatic N) is 2. The summed E-state index contributed by atoms with van der Waals surface area (Å²) in [5.41, 5.74) is -0.140. The molecule has 6 nitrogen and oxygen atoms in total. The predicted octanol–water partition coefficient (Wildman–Crippen LogP) is 2.65. The zero-order chi connectivity index (χ0) is 13.5. The van der Waals surface area contributed by atoms with E-state index in [-0.39, 0.29) is 22.7 Å². The first kappa shape index (κ1) is 13.8. The van der Waals surface area contributed by atoms with Crippen molar-refractivity contribution < 1.29 is 14.4 Å². The maximum absolute atomic E-state index is 11.0. The fraction of sp³-hybridized carbons (Fsp3) is 0.417. The third kappa shape index (κ3) is 3.10. The van der Waals surface area contributed by atoms with Gasteiger partial charge >= 0.3 is 5.69 Å². The summed E-state index contributed by atoms with van der Waals surface area (Å²) < 4.78 is 10.3. The first-order chi connectivity index (χ1) is 8.63. The molecule has 6 heteroatoms. The van der Waals surface area contributed by atoms with Gasteiger partial charge in [0.15, 0.2) is 0 Å². The quantitative estimate of drug-likeness (QED) is 0.440. The number of nitriles is 1. The Kier molecular flexibility index (Phi) is 4.93. The minimum absolute atomic E-state index is 0.0109. The summed E-state index contributed by atoms with van der Waals surface area (Å²) in [5.74, 6) is 0.276. The topological polar surface area (TPSA) is 85.4 Å². The molecule has 0 fully saturated rings. The first-order valence-corrected chi connectivity index (χ1v) is 5.53. The predicted molar refractivity (Wildman–Crippen MR) is 64.8 cm³/mol. The lowest BCUT2D eigenvalue weighted by Crippen LogP contribution is -2.03. The summed E-state index contributed by atoms with van der Waals surface area (Å²) in [5, 5.41) is 19.9. The highest BCUT2D eigenvalue weighted by molar-refractivity contribution is 5.60. The number of rotatable bonds is 6.